The number of ether oxygens (including phenoxy) is 1. The van der Waals surface area contributed by atoms with Crippen molar-refractivity contribution >= 4 is 11.2 Å². The molecule has 4 rings (SSSR count). The number of hydrogen-bond acceptors (Lipinski definition) is 4. The Morgan fingerprint density at radius 3 is 2.38 bits per heavy atom. The van der Waals surface area contributed by atoms with Crippen LogP contribution in [0.2, 0.25) is 0 Å². The highest BCUT2D eigenvalue weighted by atomic mass is 16.5. The van der Waals surface area contributed by atoms with Crippen molar-refractivity contribution in [3.8, 4) is 11.8 Å². The summed E-state index contributed by atoms with van der Waals surface area (Å²) in [5.74, 6) is 1.32. The first kappa shape index (κ1) is 19.5. The van der Waals surface area contributed by atoms with Gasteiger partial charge in [0.2, 0.25) is 0 Å². The third-order valence-corrected chi connectivity index (χ3v) is 5.93. The number of hydrogen-bond donors (Lipinski definition) is 0. The molecule has 1 aromatic carbocycles. The van der Waals surface area contributed by atoms with Gasteiger partial charge < -0.3 is 4.74 Å². The first-order chi connectivity index (χ1) is 14.0. The van der Waals surface area contributed by atoms with Gasteiger partial charge in [-0.1, -0.05) is 38.3 Å². The fourth-order valence-electron chi connectivity index (χ4n) is 4.28. The van der Waals surface area contributed by atoms with E-state index in [-0.39, 0.29) is 5.56 Å². The molecule has 0 amide bonds. The molecular formula is C22H28N4O3. The molecule has 3 aromatic rings. The number of imidazole rings is 1. The maximum atomic E-state index is 12.7. The zero-order valence-corrected chi connectivity index (χ0v) is 17.4. The molecule has 0 aliphatic heterocycles. The summed E-state index contributed by atoms with van der Waals surface area (Å²) in [6.45, 7) is 2.61. The summed E-state index contributed by atoms with van der Waals surface area (Å²) < 4.78 is 10.3. The van der Waals surface area contributed by atoms with E-state index in [0.29, 0.717) is 35.4 Å². The van der Waals surface area contributed by atoms with Gasteiger partial charge in [0.1, 0.15) is 5.75 Å². The Morgan fingerprint density at radius 2 is 1.72 bits per heavy atom. The zero-order valence-electron chi connectivity index (χ0n) is 17.4. The average Bonchev–Trinajstić information content (AvgIpc) is 3.10. The SMILES string of the molecule is CCCn1c(Oc2ccc(C3CCCCC3)cc2)nc2c1c(=O)n(C)c(=O)n2C. The van der Waals surface area contributed by atoms with Gasteiger partial charge in [0.15, 0.2) is 11.2 Å². The summed E-state index contributed by atoms with van der Waals surface area (Å²) in [5, 5.41) is 0. The van der Waals surface area contributed by atoms with Crippen LogP contribution >= 0.6 is 0 Å². The van der Waals surface area contributed by atoms with E-state index in [1.54, 1.807) is 11.6 Å². The molecular weight excluding hydrogens is 368 g/mol. The molecule has 0 bridgehead atoms. The normalized spacial score (nSPS) is 15.1. The topological polar surface area (TPSA) is 71.1 Å². The summed E-state index contributed by atoms with van der Waals surface area (Å²) in [4.78, 5) is 29.5. The van der Waals surface area contributed by atoms with Gasteiger partial charge in [0.05, 0.1) is 0 Å². The molecule has 7 heteroatoms. The molecule has 0 radical (unpaired) electrons. The Kier molecular flexibility index (Phi) is 5.30. The lowest BCUT2D eigenvalue weighted by Gasteiger charge is -2.22. The highest BCUT2D eigenvalue weighted by Gasteiger charge is 2.20. The second-order valence-corrected chi connectivity index (χ2v) is 7.93. The van der Waals surface area contributed by atoms with Gasteiger partial charge in [-0.3, -0.25) is 18.5 Å². The molecule has 0 N–H and O–H groups in total. The Hall–Kier alpha value is -2.83. The molecule has 0 unspecified atom stereocenters. The molecule has 0 spiro atoms. The van der Waals surface area contributed by atoms with Crippen molar-refractivity contribution in [2.45, 2.75) is 57.9 Å². The molecule has 1 aliphatic carbocycles. The Labute approximate surface area is 169 Å². The van der Waals surface area contributed by atoms with Crippen LogP contribution in [0.3, 0.4) is 0 Å². The van der Waals surface area contributed by atoms with Gasteiger partial charge >= 0.3 is 11.7 Å². The number of fused-ring (bicyclic) bond motifs is 1. The standard InChI is InChI=1S/C22H28N4O3/c1-4-14-26-18-19(24(2)22(28)25(3)20(18)27)23-21(26)29-17-12-10-16(11-13-17)15-8-6-5-7-9-15/h10-13,15H,4-9,14H2,1-3H3. The first-order valence-electron chi connectivity index (χ1n) is 10.4. The lowest BCUT2D eigenvalue weighted by Crippen LogP contribution is -2.37. The van der Waals surface area contributed by atoms with Gasteiger partial charge in [0, 0.05) is 20.6 Å². The van der Waals surface area contributed by atoms with Crippen LogP contribution < -0.4 is 16.0 Å². The van der Waals surface area contributed by atoms with E-state index in [4.69, 9.17) is 4.74 Å². The smallest absolute Gasteiger partial charge is 0.332 e. The van der Waals surface area contributed by atoms with Crippen LogP contribution in [-0.4, -0.2) is 18.7 Å². The predicted octanol–water partition coefficient (Wildman–Crippen LogP) is 3.68. The van der Waals surface area contributed by atoms with Crippen LogP contribution in [0.25, 0.3) is 11.2 Å². The van der Waals surface area contributed by atoms with E-state index < -0.39 is 5.69 Å². The van der Waals surface area contributed by atoms with E-state index in [9.17, 15) is 9.59 Å². The molecule has 29 heavy (non-hydrogen) atoms. The summed E-state index contributed by atoms with van der Waals surface area (Å²) in [5.41, 5.74) is 1.35. The Morgan fingerprint density at radius 1 is 1.03 bits per heavy atom. The third-order valence-electron chi connectivity index (χ3n) is 5.93. The molecule has 1 saturated carbocycles. The van der Waals surface area contributed by atoms with Crippen LogP contribution in [0, 0.1) is 0 Å². The largest absolute Gasteiger partial charge is 0.425 e. The molecule has 7 nitrogen and oxygen atoms in total. The van der Waals surface area contributed by atoms with Gasteiger partial charge in [-0.2, -0.15) is 4.98 Å². The summed E-state index contributed by atoms with van der Waals surface area (Å²) in [7, 11) is 3.11. The number of rotatable bonds is 5. The van der Waals surface area contributed by atoms with Crippen molar-refractivity contribution in [2.75, 3.05) is 0 Å². The maximum absolute atomic E-state index is 12.7. The second-order valence-electron chi connectivity index (χ2n) is 7.93. The van der Waals surface area contributed by atoms with Crippen molar-refractivity contribution in [2.24, 2.45) is 14.1 Å². The highest BCUT2D eigenvalue weighted by molar-refractivity contribution is 5.72. The number of benzene rings is 1. The molecule has 0 saturated heterocycles. The Bertz CT molecular complexity index is 1130. The van der Waals surface area contributed by atoms with Crippen LogP contribution in [0.1, 0.15) is 56.9 Å². The minimum atomic E-state index is -0.396. The van der Waals surface area contributed by atoms with Crippen molar-refractivity contribution in [1.29, 1.82) is 0 Å². The van der Waals surface area contributed by atoms with Crippen LogP contribution in [0.15, 0.2) is 33.9 Å². The summed E-state index contributed by atoms with van der Waals surface area (Å²) in [6.07, 6.45) is 7.27. The molecule has 2 heterocycles. The average molecular weight is 396 g/mol. The summed E-state index contributed by atoms with van der Waals surface area (Å²) >= 11 is 0. The molecule has 2 aromatic heterocycles. The van der Waals surface area contributed by atoms with E-state index in [1.807, 2.05) is 19.1 Å². The lowest BCUT2D eigenvalue weighted by atomic mass is 9.84. The number of aryl methyl sites for hydroxylation is 2. The quantitative estimate of drug-likeness (QED) is 0.660. The number of aromatic nitrogens is 4. The van der Waals surface area contributed by atoms with Crippen molar-refractivity contribution in [3.05, 3.63) is 50.7 Å². The predicted molar refractivity (Wildman–Crippen MR) is 113 cm³/mol. The minimum Gasteiger partial charge on any atom is -0.425 e. The van der Waals surface area contributed by atoms with Crippen LogP contribution in [-0.2, 0) is 20.6 Å². The number of nitrogens with zero attached hydrogens (tertiary/aromatic N) is 4. The van der Waals surface area contributed by atoms with Gasteiger partial charge in [-0.15, -0.1) is 0 Å². The minimum absolute atomic E-state index is 0.338. The molecule has 0 atom stereocenters. The van der Waals surface area contributed by atoms with Crippen LogP contribution in [0.5, 0.6) is 11.8 Å². The second kappa shape index (κ2) is 7.89. The van der Waals surface area contributed by atoms with Gasteiger partial charge in [0.25, 0.3) is 5.56 Å². The lowest BCUT2D eigenvalue weighted by molar-refractivity contribution is 0.412. The Balaban J connectivity index is 1.71. The van der Waals surface area contributed by atoms with E-state index in [0.717, 1.165) is 11.0 Å². The monoisotopic (exact) mass is 396 g/mol. The molecule has 154 valence electrons. The summed E-state index contributed by atoms with van der Waals surface area (Å²) in [6, 6.07) is 8.54. The van der Waals surface area contributed by atoms with Gasteiger partial charge in [-0.25, -0.2) is 4.79 Å². The fourth-order valence-corrected chi connectivity index (χ4v) is 4.28. The fraction of sp³-hybridized carbons (Fsp3) is 0.500. The first-order valence-corrected chi connectivity index (χ1v) is 10.4. The van der Waals surface area contributed by atoms with E-state index in [2.05, 4.69) is 17.1 Å². The van der Waals surface area contributed by atoms with Crippen molar-refractivity contribution < 1.29 is 4.74 Å². The molecule has 1 aliphatic rings. The third kappa shape index (κ3) is 3.50. The van der Waals surface area contributed by atoms with E-state index in [1.165, 1.54) is 49.3 Å². The van der Waals surface area contributed by atoms with Crippen molar-refractivity contribution in [1.82, 2.24) is 18.7 Å². The molecule has 1 fully saturated rings. The highest BCUT2D eigenvalue weighted by Crippen LogP contribution is 2.34. The van der Waals surface area contributed by atoms with Gasteiger partial charge in [-0.05, 0) is 42.9 Å². The zero-order chi connectivity index (χ0) is 20.5. The maximum Gasteiger partial charge on any atom is 0.332 e. The van der Waals surface area contributed by atoms with Crippen molar-refractivity contribution in [3.63, 3.8) is 0 Å². The van der Waals surface area contributed by atoms with E-state index >= 15 is 0 Å². The van der Waals surface area contributed by atoms with Crippen LogP contribution in [0.4, 0.5) is 0 Å².